The number of rotatable bonds is 8. The number of nitrogens with zero attached hydrogens (tertiary/aromatic N) is 2. The van der Waals surface area contributed by atoms with Crippen LogP contribution in [0.15, 0.2) is 21.7 Å². The quantitative estimate of drug-likeness (QED) is 0.701. The molecule has 0 fully saturated rings. The van der Waals surface area contributed by atoms with Crippen molar-refractivity contribution in [3.05, 3.63) is 18.0 Å². The zero-order valence-electron chi connectivity index (χ0n) is 12.6. The van der Waals surface area contributed by atoms with E-state index in [1.165, 1.54) is 6.20 Å². The SMILES string of the molecule is CCCNCCNS(=O)(=O)c1cnc2onc(CC)c2c1.Cl. The van der Waals surface area contributed by atoms with E-state index in [1.54, 1.807) is 6.07 Å². The van der Waals surface area contributed by atoms with Crippen molar-refractivity contribution in [1.82, 2.24) is 20.2 Å². The number of nitrogens with one attached hydrogen (secondary N) is 2. The molecule has 2 N–H and O–H groups in total. The first-order chi connectivity index (χ1) is 10.1. The molecule has 0 radical (unpaired) electrons. The maximum Gasteiger partial charge on any atom is 0.258 e. The van der Waals surface area contributed by atoms with E-state index in [0.29, 0.717) is 36.3 Å². The molecule has 0 aliphatic heterocycles. The Morgan fingerprint density at radius 3 is 2.68 bits per heavy atom. The summed E-state index contributed by atoms with van der Waals surface area (Å²) in [4.78, 5) is 4.14. The van der Waals surface area contributed by atoms with Crippen molar-refractivity contribution in [2.24, 2.45) is 0 Å². The van der Waals surface area contributed by atoms with Gasteiger partial charge in [0.1, 0.15) is 4.90 Å². The van der Waals surface area contributed by atoms with E-state index in [1.807, 2.05) is 6.92 Å². The summed E-state index contributed by atoms with van der Waals surface area (Å²) in [5.74, 6) is 0. The van der Waals surface area contributed by atoms with E-state index < -0.39 is 10.0 Å². The smallest absolute Gasteiger partial charge is 0.258 e. The van der Waals surface area contributed by atoms with E-state index in [9.17, 15) is 8.42 Å². The minimum atomic E-state index is -3.56. The highest BCUT2D eigenvalue weighted by Gasteiger charge is 2.17. The van der Waals surface area contributed by atoms with Gasteiger partial charge in [-0.05, 0) is 25.5 Å². The summed E-state index contributed by atoms with van der Waals surface area (Å²) >= 11 is 0. The Hall–Kier alpha value is -1.22. The van der Waals surface area contributed by atoms with Crippen LogP contribution in [0.1, 0.15) is 26.0 Å². The fraction of sp³-hybridized carbons (Fsp3) is 0.538. The Bertz CT molecular complexity index is 702. The van der Waals surface area contributed by atoms with E-state index in [0.717, 1.165) is 13.0 Å². The molecule has 0 amide bonds. The van der Waals surface area contributed by atoms with Gasteiger partial charge >= 0.3 is 0 Å². The summed E-state index contributed by atoms with van der Waals surface area (Å²) in [6.07, 6.45) is 2.96. The van der Waals surface area contributed by atoms with Crippen molar-refractivity contribution >= 4 is 33.5 Å². The van der Waals surface area contributed by atoms with Crippen LogP contribution in [0, 0.1) is 0 Å². The number of sulfonamides is 1. The molecule has 0 saturated carbocycles. The molecule has 2 aromatic heterocycles. The van der Waals surface area contributed by atoms with Crippen molar-refractivity contribution < 1.29 is 12.9 Å². The molecule has 0 saturated heterocycles. The molecule has 0 aliphatic carbocycles. The second kappa shape index (κ2) is 8.42. The van der Waals surface area contributed by atoms with Crippen molar-refractivity contribution in [2.75, 3.05) is 19.6 Å². The average molecular weight is 349 g/mol. The molecule has 22 heavy (non-hydrogen) atoms. The Morgan fingerprint density at radius 2 is 2.00 bits per heavy atom. The van der Waals surface area contributed by atoms with Crippen molar-refractivity contribution in [1.29, 1.82) is 0 Å². The molecule has 2 aromatic rings. The number of aromatic nitrogens is 2. The molecule has 0 aromatic carbocycles. The van der Waals surface area contributed by atoms with Gasteiger partial charge in [-0.2, -0.15) is 0 Å². The highest BCUT2D eigenvalue weighted by atomic mass is 35.5. The van der Waals surface area contributed by atoms with E-state index in [4.69, 9.17) is 4.52 Å². The van der Waals surface area contributed by atoms with Crippen LogP contribution in [0.5, 0.6) is 0 Å². The first-order valence-corrected chi connectivity index (χ1v) is 8.51. The van der Waals surface area contributed by atoms with Crippen LogP contribution in [0.25, 0.3) is 11.1 Å². The Kier molecular flexibility index (Phi) is 7.21. The van der Waals surface area contributed by atoms with Gasteiger partial charge in [0.05, 0.1) is 17.3 Å². The van der Waals surface area contributed by atoms with Gasteiger partial charge in [-0.25, -0.2) is 18.1 Å². The molecular formula is C13H21ClN4O3S. The fourth-order valence-corrected chi connectivity index (χ4v) is 2.92. The summed E-state index contributed by atoms with van der Waals surface area (Å²) in [5.41, 5.74) is 1.06. The summed E-state index contributed by atoms with van der Waals surface area (Å²) in [6, 6.07) is 1.56. The third kappa shape index (κ3) is 4.39. The molecule has 0 unspecified atom stereocenters. The van der Waals surface area contributed by atoms with E-state index in [-0.39, 0.29) is 17.3 Å². The predicted molar refractivity (Wildman–Crippen MR) is 86.8 cm³/mol. The minimum Gasteiger partial charge on any atom is -0.336 e. The van der Waals surface area contributed by atoms with Gasteiger partial charge in [0.25, 0.3) is 5.71 Å². The van der Waals surface area contributed by atoms with Crippen LogP contribution in [0.2, 0.25) is 0 Å². The molecule has 124 valence electrons. The standard InChI is InChI=1S/C13H20N4O3S.ClH/c1-3-5-14-6-7-16-21(18,19)10-8-11-12(4-2)17-20-13(11)15-9-10;/h8-9,14,16H,3-7H2,1-2H3;1H. The predicted octanol–water partition coefficient (Wildman–Crippen LogP) is 1.48. The summed E-state index contributed by atoms with van der Waals surface area (Å²) in [7, 11) is -3.56. The van der Waals surface area contributed by atoms with Crippen LogP contribution in [-0.4, -0.2) is 38.2 Å². The van der Waals surface area contributed by atoms with Crippen molar-refractivity contribution in [2.45, 2.75) is 31.6 Å². The molecular weight excluding hydrogens is 328 g/mol. The number of aryl methyl sites for hydroxylation is 1. The highest BCUT2D eigenvalue weighted by molar-refractivity contribution is 7.89. The maximum absolute atomic E-state index is 12.2. The van der Waals surface area contributed by atoms with E-state index >= 15 is 0 Å². The molecule has 0 atom stereocenters. The van der Waals surface area contributed by atoms with Gasteiger partial charge < -0.3 is 9.84 Å². The molecule has 7 nitrogen and oxygen atoms in total. The van der Waals surface area contributed by atoms with Crippen molar-refractivity contribution in [3.63, 3.8) is 0 Å². The topological polar surface area (TPSA) is 97.1 Å². The van der Waals surface area contributed by atoms with Gasteiger partial charge in [-0.1, -0.05) is 19.0 Å². The molecule has 2 rings (SSSR count). The number of pyridine rings is 1. The van der Waals surface area contributed by atoms with Gasteiger partial charge in [0.15, 0.2) is 0 Å². The Morgan fingerprint density at radius 1 is 1.23 bits per heavy atom. The zero-order valence-corrected chi connectivity index (χ0v) is 14.3. The number of fused-ring (bicyclic) bond motifs is 1. The monoisotopic (exact) mass is 348 g/mol. The summed E-state index contributed by atoms with van der Waals surface area (Å²) < 4.78 is 32.0. The minimum absolute atomic E-state index is 0. The van der Waals surface area contributed by atoms with Crippen LogP contribution >= 0.6 is 12.4 Å². The molecule has 0 aliphatic rings. The second-order valence-electron chi connectivity index (χ2n) is 4.65. The molecule has 2 heterocycles. The molecule has 9 heteroatoms. The van der Waals surface area contributed by atoms with Crippen LogP contribution in [0.3, 0.4) is 0 Å². The van der Waals surface area contributed by atoms with Gasteiger partial charge in [0, 0.05) is 13.1 Å². The average Bonchev–Trinajstić information content (AvgIpc) is 2.89. The van der Waals surface area contributed by atoms with Crippen molar-refractivity contribution in [3.8, 4) is 0 Å². The number of hydrogen-bond donors (Lipinski definition) is 2. The summed E-state index contributed by atoms with van der Waals surface area (Å²) in [6.45, 7) is 5.79. The van der Waals surface area contributed by atoms with Crippen LogP contribution in [-0.2, 0) is 16.4 Å². The zero-order chi connectivity index (χ0) is 15.3. The fourth-order valence-electron chi connectivity index (χ4n) is 1.92. The largest absolute Gasteiger partial charge is 0.336 e. The van der Waals surface area contributed by atoms with E-state index in [2.05, 4.69) is 27.1 Å². The second-order valence-corrected chi connectivity index (χ2v) is 6.42. The first-order valence-electron chi connectivity index (χ1n) is 7.03. The lowest BCUT2D eigenvalue weighted by atomic mass is 10.2. The number of halogens is 1. The van der Waals surface area contributed by atoms with Gasteiger partial charge in [-0.3, -0.25) is 0 Å². The first kappa shape index (κ1) is 18.8. The normalized spacial score (nSPS) is 11.5. The highest BCUT2D eigenvalue weighted by Crippen LogP contribution is 2.20. The van der Waals surface area contributed by atoms with Crippen LogP contribution in [0.4, 0.5) is 0 Å². The lowest BCUT2D eigenvalue weighted by molar-refractivity contribution is 0.439. The Labute approximate surface area is 136 Å². The Balaban J connectivity index is 0.00000242. The summed E-state index contributed by atoms with van der Waals surface area (Å²) in [5, 5.41) is 7.65. The lowest BCUT2D eigenvalue weighted by Crippen LogP contribution is -2.32. The molecule has 0 bridgehead atoms. The maximum atomic E-state index is 12.2. The van der Waals surface area contributed by atoms with Gasteiger partial charge in [0.2, 0.25) is 10.0 Å². The molecule has 0 spiro atoms. The third-order valence-corrected chi connectivity index (χ3v) is 4.47. The third-order valence-electron chi connectivity index (χ3n) is 3.05. The number of hydrogen-bond acceptors (Lipinski definition) is 6. The van der Waals surface area contributed by atoms with Crippen LogP contribution < -0.4 is 10.0 Å². The van der Waals surface area contributed by atoms with Gasteiger partial charge in [-0.15, -0.1) is 12.4 Å². The lowest BCUT2D eigenvalue weighted by Gasteiger charge is -2.07.